The molecule has 2 N–H and O–H groups in total. The number of aromatic nitrogens is 2. The number of methoxy groups -OCH3 is 1. The van der Waals surface area contributed by atoms with E-state index in [1.807, 2.05) is 0 Å². The highest BCUT2D eigenvalue weighted by Crippen LogP contribution is 2.18. The van der Waals surface area contributed by atoms with Crippen LogP contribution in [0.2, 0.25) is 5.02 Å². The Bertz CT molecular complexity index is 1040. The summed E-state index contributed by atoms with van der Waals surface area (Å²) in [4.78, 5) is 33.0. The molecule has 2 amide bonds. The molecule has 148 valence electrons. The van der Waals surface area contributed by atoms with Gasteiger partial charge in [-0.3, -0.25) is 9.59 Å². The summed E-state index contributed by atoms with van der Waals surface area (Å²) in [6.45, 7) is 0.0559. The van der Waals surface area contributed by atoms with E-state index in [1.165, 1.54) is 31.6 Å². The fraction of sp³-hybridized carbons (Fsp3) is 0.100. The molecule has 0 bridgehead atoms. The third-order valence-electron chi connectivity index (χ3n) is 3.95. The molecule has 0 aliphatic rings. The standard InChI is InChI=1S/C20H16ClFN4O3/c1-29-15-6-3-12(4-7-15)19(27)26-18-17(23-8-9-24-18)20(28)25-11-13-2-5-14(22)10-16(13)21/h2-10H,11H2,1H3,(H,25,28)(H,24,26,27). The van der Waals surface area contributed by atoms with Crippen LogP contribution in [0.15, 0.2) is 54.9 Å². The molecule has 0 aliphatic heterocycles. The Morgan fingerprint density at radius 3 is 2.48 bits per heavy atom. The van der Waals surface area contributed by atoms with Gasteiger partial charge in [-0.05, 0) is 42.0 Å². The molecular weight excluding hydrogens is 399 g/mol. The predicted octanol–water partition coefficient (Wildman–Crippen LogP) is 3.46. The van der Waals surface area contributed by atoms with E-state index in [4.69, 9.17) is 16.3 Å². The van der Waals surface area contributed by atoms with Crippen molar-refractivity contribution >= 4 is 29.2 Å². The summed E-state index contributed by atoms with van der Waals surface area (Å²) in [5, 5.41) is 5.39. The lowest BCUT2D eigenvalue weighted by Crippen LogP contribution is -2.26. The summed E-state index contributed by atoms with van der Waals surface area (Å²) in [6, 6.07) is 10.3. The molecule has 0 atom stereocenters. The van der Waals surface area contributed by atoms with Crippen molar-refractivity contribution in [1.29, 1.82) is 0 Å². The number of nitrogens with one attached hydrogen (secondary N) is 2. The number of benzene rings is 2. The average molecular weight is 415 g/mol. The summed E-state index contributed by atoms with van der Waals surface area (Å²) >= 11 is 5.96. The molecule has 3 rings (SSSR count). The lowest BCUT2D eigenvalue weighted by molar-refractivity contribution is 0.0946. The van der Waals surface area contributed by atoms with E-state index in [2.05, 4.69) is 20.6 Å². The zero-order valence-corrected chi connectivity index (χ0v) is 16.0. The minimum absolute atomic E-state index is 0.0102. The van der Waals surface area contributed by atoms with Crippen molar-refractivity contribution in [3.63, 3.8) is 0 Å². The number of nitrogens with zero attached hydrogens (tertiary/aromatic N) is 2. The van der Waals surface area contributed by atoms with Gasteiger partial charge in [0.15, 0.2) is 11.5 Å². The normalized spacial score (nSPS) is 10.3. The summed E-state index contributed by atoms with van der Waals surface area (Å²) in [7, 11) is 1.53. The number of rotatable bonds is 6. The van der Waals surface area contributed by atoms with Gasteiger partial charge in [0.2, 0.25) is 0 Å². The van der Waals surface area contributed by atoms with Crippen molar-refractivity contribution in [2.45, 2.75) is 6.54 Å². The van der Waals surface area contributed by atoms with Crippen LogP contribution in [0, 0.1) is 5.82 Å². The number of carbonyl (C=O) groups is 2. The minimum atomic E-state index is -0.566. The van der Waals surface area contributed by atoms with Crippen LogP contribution in [-0.2, 0) is 6.54 Å². The highest BCUT2D eigenvalue weighted by Gasteiger charge is 2.17. The molecular formula is C20H16ClFN4O3. The average Bonchev–Trinajstić information content (AvgIpc) is 2.73. The molecule has 3 aromatic rings. The van der Waals surface area contributed by atoms with Crippen LogP contribution in [0.1, 0.15) is 26.4 Å². The van der Waals surface area contributed by atoms with E-state index in [-0.39, 0.29) is 23.1 Å². The first kappa shape index (κ1) is 20.2. The Kier molecular flexibility index (Phi) is 6.36. The van der Waals surface area contributed by atoms with Gasteiger partial charge >= 0.3 is 0 Å². The van der Waals surface area contributed by atoms with Gasteiger partial charge in [-0.15, -0.1) is 0 Å². The second-order valence-electron chi connectivity index (χ2n) is 5.85. The Morgan fingerprint density at radius 1 is 1.07 bits per heavy atom. The molecule has 0 saturated carbocycles. The maximum absolute atomic E-state index is 13.1. The van der Waals surface area contributed by atoms with Crippen LogP contribution >= 0.6 is 11.6 Å². The lowest BCUT2D eigenvalue weighted by Gasteiger charge is -2.10. The van der Waals surface area contributed by atoms with Crippen LogP contribution in [0.5, 0.6) is 5.75 Å². The number of hydrogen-bond acceptors (Lipinski definition) is 5. The third-order valence-corrected chi connectivity index (χ3v) is 4.30. The number of anilines is 1. The number of carbonyl (C=O) groups excluding carboxylic acids is 2. The second-order valence-corrected chi connectivity index (χ2v) is 6.26. The van der Waals surface area contributed by atoms with E-state index in [9.17, 15) is 14.0 Å². The van der Waals surface area contributed by atoms with E-state index in [0.29, 0.717) is 16.9 Å². The molecule has 2 aromatic carbocycles. The summed E-state index contributed by atoms with van der Waals surface area (Å²) < 4.78 is 18.2. The predicted molar refractivity (Wildman–Crippen MR) is 106 cm³/mol. The Labute approximate surface area is 170 Å². The fourth-order valence-electron chi connectivity index (χ4n) is 2.44. The molecule has 0 aliphatic carbocycles. The van der Waals surface area contributed by atoms with Gasteiger partial charge in [0, 0.05) is 29.5 Å². The molecule has 1 heterocycles. The van der Waals surface area contributed by atoms with E-state index >= 15 is 0 Å². The minimum Gasteiger partial charge on any atom is -0.497 e. The van der Waals surface area contributed by atoms with Gasteiger partial charge in [-0.25, -0.2) is 14.4 Å². The first-order valence-corrected chi connectivity index (χ1v) is 8.84. The number of ether oxygens (including phenoxy) is 1. The van der Waals surface area contributed by atoms with Crippen molar-refractivity contribution in [3.8, 4) is 5.75 Å². The summed E-state index contributed by atoms with van der Waals surface area (Å²) in [5.74, 6) is -0.869. The maximum atomic E-state index is 13.1. The molecule has 0 spiro atoms. The SMILES string of the molecule is COc1ccc(C(=O)Nc2nccnc2C(=O)NCc2ccc(F)cc2Cl)cc1. The quantitative estimate of drug-likeness (QED) is 0.644. The van der Waals surface area contributed by atoms with Crippen LogP contribution in [-0.4, -0.2) is 28.9 Å². The van der Waals surface area contributed by atoms with Crippen molar-refractivity contribution < 1.29 is 18.7 Å². The molecule has 0 fully saturated rings. The maximum Gasteiger partial charge on any atom is 0.274 e. The van der Waals surface area contributed by atoms with Crippen molar-refractivity contribution in [2.24, 2.45) is 0 Å². The molecule has 0 radical (unpaired) electrons. The molecule has 9 heteroatoms. The summed E-state index contributed by atoms with van der Waals surface area (Å²) in [5.41, 5.74) is 0.836. The molecule has 0 saturated heterocycles. The largest absolute Gasteiger partial charge is 0.497 e. The zero-order chi connectivity index (χ0) is 20.8. The third kappa shape index (κ3) is 5.05. The number of halogens is 2. The number of amides is 2. The topological polar surface area (TPSA) is 93.2 Å². The molecule has 7 nitrogen and oxygen atoms in total. The highest BCUT2D eigenvalue weighted by molar-refractivity contribution is 6.31. The molecule has 0 unspecified atom stereocenters. The van der Waals surface area contributed by atoms with E-state index in [1.54, 1.807) is 24.3 Å². The Hall–Kier alpha value is -3.52. The van der Waals surface area contributed by atoms with Gasteiger partial charge in [0.1, 0.15) is 11.6 Å². The van der Waals surface area contributed by atoms with Gasteiger partial charge in [0.05, 0.1) is 7.11 Å². The highest BCUT2D eigenvalue weighted by atomic mass is 35.5. The molecule has 1 aromatic heterocycles. The van der Waals surface area contributed by atoms with Gasteiger partial charge < -0.3 is 15.4 Å². The van der Waals surface area contributed by atoms with E-state index < -0.39 is 17.6 Å². The lowest BCUT2D eigenvalue weighted by atomic mass is 10.2. The van der Waals surface area contributed by atoms with Crippen LogP contribution < -0.4 is 15.4 Å². The van der Waals surface area contributed by atoms with Crippen LogP contribution in [0.4, 0.5) is 10.2 Å². The first-order valence-electron chi connectivity index (χ1n) is 8.46. The monoisotopic (exact) mass is 414 g/mol. The Balaban J connectivity index is 1.71. The Morgan fingerprint density at radius 2 is 1.79 bits per heavy atom. The summed E-state index contributed by atoms with van der Waals surface area (Å²) in [6.07, 6.45) is 2.69. The van der Waals surface area contributed by atoms with Crippen LogP contribution in [0.3, 0.4) is 0 Å². The van der Waals surface area contributed by atoms with Crippen molar-refractivity contribution in [2.75, 3.05) is 12.4 Å². The van der Waals surface area contributed by atoms with Gasteiger partial charge in [-0.1, -0.05) is 17.7 Å². The smallest absolute Gasteiger partial charge is 0.274 e. The van der Waals surface area contributed by atoms with E-state index in [0.717, 1.165) is 6.07 Å². The first-order chi connectivity index (χ1) is 14.0. The van der Waals surface area contributed by atoms with Gasteiger partial charge in [-0.2, -0.15) is 0 Å². The second kappa shape index (κ2) is 9.11. The van der Waals surface area contributed by atoms with Crippen molar-refractivity contribution in [1.82, 2.24) is 15.3 Å². The van der Waals surface area contributed by atoms with Crippen molar-refractivity contribution in [3.05, 3.63) is 82.5 Å². The fourth-order valence-corrected chi connectivity index (χ4v) is 2.68. The van der Waals surface area contributed by atoms with Crippen LogP contribution in [0.25, 0.3) is 0 Å². The van der Waals surface area contributed by atoms with Gasteiger partial charge in [0.25, 0.3) is 11.8 Å². The number of hydrogen-bond donors (Lipinski definition) is 2. The zero-order valence-electron chi connectivity index (χ0n) is 15.3. The molecule has 29 heavy (non-hydrogen) atoms.